The van der Waals surface area contributed by atoms with E-state index in [0.717, 1.165) is 24.6 Å². The van der Waals surface area contributed by atoms with Crippen LogP contribution in [0, 0.1) is 5.41 Å². The topological polar surface area (TPSA) is 20.3 Å². The van der Waals surface area contributed by atoms with E-state index in [0.29, 0.717) is 11.5 Å². The summed E-state index contributed by atoms with van der Waals surface area (Å²) in [6.45, 7) is 6.73. The van der Waals surface area contributed by atoms with Gasteiger partial charge < -0.3 is 0 Å². The Bertz CT molecular complexity index is 272. The molecule has 2 fully saturated rings. The zero-order valence-corrected chi connectivity index (χ0v) is 8.69. The van der Waals surface area contributed by atoms with E-state index in [1.807, 2.05) is 0 Å². The van der Waals surface area contributed by atoms with Crippen molar-refractivity contribution < 1.29 is 4.21 Å². The van der Waals surface area contributed by atoms with Gasteiger partial charge in [0.05, 0.1) is 0 Å². The Kier molecular flexibility index (Phi) is 1.62. The first kappa shape index (κ1) is 8.57. The second-order valence-corrected chi connectivity index (χ2v) is 7.26. The predicted molar refractivity (Wildman–Crippen MR) is 54.1 cm³/mol. The van der Waals surface area contributed by atoms with Crippen LogP contribution in [0.15, 0.2) is 0 Å². The highest BCUT2D eigenvalue weighted by atomic mass is 32.2. The maximum Gasteiger partial charge on any atom is 0.0249 e. The van der Waals surface area contributed by atoms with Crippen molar-refractivity contribution in [3.63, 3.8) is 0 Å². The molecule has 0 amide bonds. The van der Waals surface area contributed by atoms with Crippen molar-refractivity contribution in [3.8, 4) is 0 Å². The second kappa shape index (κ2) is 2.26. The zero-order valence-electron chi connectivity index (χ0n) is 7.88. The average molecular weight is 187 g/mol. The quantitative estimate of drug-likeness (QED) is 0.555. The van der Waals surface area contributed by atoms with Crippen LogP contribution in [0.1, 0.15) is 13.8 Å². The van der Waals surface area contributed by atoms with Gasteiger partial charge in [0.25, 0.3) is 0 Å². The number of rotatable bonds is 1. The number of hydrogen-bond acceptors (Lipinski definition) is 2. The summed E-state index contributed by atoms with van der Waals surface area (Å²) in [7, 11) is -1.63. The van der Waals surface area contributed by atoms with Crippen LogP contribution in [-0.2, 0) is 9.52 Å². The lowest BCUT2D eigenvalue weighted by atomic mass is 9.82. The average Bonchev–Trinajstić information content (AvgIpc) is 1.75. The fraction of sp³-hybridized carbons (Fsp3) is 0.889. The maximum atomic E-state index is 11.4. The van der Waals surface area contributed by atoms with Gasteiger partial charge in [-0.25, -0.2) is 0 Å². The van der Waals surface area contributed by atoms with Crippen molar-refractivity contribution in [2.24, 2.45) is 5.41 Å². The van der Waals surface area contributed by atoms with Crippen molar-refractivity contribution in [2.75, 3.05) is 24.6 Å². The Hall–Kier alpha value is -0.0200. The molecule has 0 aromatic heterocycles. The first-order valence-electron chi connectivity index (χ1n) is 4.49. The van der Waals surface area contributed by atoms with Crippen LogP contribution in [-0.4, -0.2) is 45.6 Å². The number of likely N-dealkylation sites (tertiary alicyclic amines) is 1. The molecule has 0 N–H and O–H groups in total. The Balaban J connectivity index is 1.91. The molecular weight excluding hydrogens is 170 g/mol. The summed E-state index contributed by atoms with van der Waals surface area (Å²) < 4.78 is 11.4. The van der Waals surface area contributed by atoms with E-state index in [-0.39, 0.29) is 0 Å². The standard InChI is InChI=1S/C9H17NOS/c1-8(2)10-4-9(5-10)6-12(3,11)7-9/h8H,3-7H2,1-2H3. The molecule has 2 aliphatic rings. The molecule has 0 unspecified atom stereocenters. The van der Waals surface area contributed by atoms with Crippen molar-refractivity contribution in [3.05, 3.63) is 0 Å². The molecule has 0 aromatic rings. The van der Waals surface area contributed by atoms with E-state index < -0.39 is 9.52 Å². The summed E-state index contributed by atoms with van der Waals surface area (Å²) in [6, 6.07) is 0.650. The summed E-state index contributed by atoms with van der Waals surface area (Å²) in [6.07, 6.45) is 0. The molecule has 0 saturated carbocycles. The Morgan fingerprint density at radius 1 is 1.42 bits per heavy atom. The van der Waals surface area contributed by atoms with Crippen LogP contribution in [0.3, 0.4) is 0 Å². The van der Waals surface area contributed by atoms with Gasteiger partial charge in [-0.05, 0) is 29.2 Å². The molecule has 0 radical (unpaired) electrons. The van der Waals surface area contributed by atoms with Crippen molar-refractivity contribution in [2.45, 2.75) is 19.9 Å². The summed E-state index contributed by atoms with van der Waals surface area (Å²) in [4.78, 5) is 2.44. The lowest BCUT2D eigenvalue weighted by Gasteiger charge is -2.58. The third-order valence-electron chi connectivity index (χ3n) is 2.95. The molecule has 2 rings (SSSR count). The lowest BCUT2D eigenvalue weighted by molar-refractivity contribution is 0.00214. The molecule has 0 atom stereocenters. The molecule has 12 heavy (non-hydrogen) atoms. The minimum atomic E-state index is -1.63. The highest BCUT2D eigenvalue weighted by Crippen LogP contribution is 2.42. The molecule has 1 spiro atoms. The fourth-order valence-corrected chi connectivity index (χ4v) is 4.95. The van der Waals surface area contributed by atoms with Crippen LogP contribution in [0.2, 0.25) is 0 Å². The molecule has 0 aliphatic carbocycles. The number of nitrogens with zero attached hydrogens (tertiary/aromatic N) is 1. The molecule has 0 bridgehead atoms. The monoisotopic (exact) mass is 187 g/mol. The first-order valence-corrected chi connectivity index (χ1v) is 6.56. The molecule has 2 nitrogen and oxygen atoms in total. The van der Waals surface area contributed by atoms with E-state index in [2.05, 4.69) is 24.6 Å². The van der Waals surface area contributed by atoms with Gasteiger partial charge in [-0.1, -0.05) is 0 Å². The Morgan fingerprint density at radius 2 is 1.92 bits per heavy atom. The third-order valence-corrected chi connectivity index (χ3v) is 5.22. The van der Waals surface area contributed by atoms with Gasteiger partial charge >= 0.3 is 0 Å². The molecular formula is C9H17NOS. The molecule has 2 saturated heterocycles. The van der Waals surface area contributed by atoms with E-state index in [1.54, 1.807) is 0 Å². The molecule has 70 valence electrons. The Labute approximate surface area is 75.0 Å². The van der Waals surface area contributed by atoms with Gasteiger partial charge in [-0.3, -0.25) is 9.11 Å². The van der Waals surface area contributed by atoms with Crippen LogP contribution in [0.5, 0.6) is 0 Å². The molecule has 2 heterocycles. The van der Waals surface area contributed by atoms with Crippen LogP contribution < -0.4 is 0 Å². The minimum absolute atomic E-state index is 0.420. The highest BCUT2D eigenvalue weighted by Gasteiger charge is 2.53. The smallest absolute Gasteiger partial charge is 0.0249 e. The van der Waals surface area contributed by atoms with Crippen LogP contribution in [0.25, 0.3) is 0 Å². The molecule has 3 heteroatoms. The van der Waals surface area contributed by atoms with Crippen LogP contribution >= 0.6 is 0 Å². The lowest BCUT2D eigenvalue weighted by Crippen LogP contribution is -2.69. The third kappa shape index (κ3) is 1.19. The van der Waals surface area contributed by atoms with Crippen molar-refractivity contribution in [1.29, 1.82) is 0 Å². The minimum Gasteiger partial charge on any atom is -0.300 e. The largest absolute Gasteiger partial charge is 0.300 e. The van der Waals surface area contributed by atoms with Crippen molar-refractivity contribution in [1.82, 2.24) is 4.90 Å². The summed E-state index contributed by atoms with van der Waals surface area (Å²) >= 11 is 0. The molecule has 2 aliphatic heterocycles. The van der Waals surface area contributed by atoms with Crippen LogP contribution in [0.4, 0.5) is 0 Å². The maximum absolute atomic E-state index is 11.4. The highest BCUT2D eigenvalue weighted by molar-refractivity contribution is 8.01. The zero-order chi connectivity index (χ0) is 8.98. The van der Waals surface area contributed by atoms with Gasteiger partial charge in [0.15, 0.2) is 0 Å². The van der Waals surface area contributed by atoms with Gasteiger partial charge in [-0.15, -0.1) is 0 Å². The Morgan fingerprint density at radius 3 is 2.25 bits per heavy atom. The van der Waals surface area contributed by atoms with E-state index in [9.17, 15) is 4.21 Å². The predicted octanol–water partition coefficient (Wildman–Crippen LogP) is 0.427. The van der Waals surface area contributed by atoms with Gasteiger partial charge in [0, 0.05) is 36.1 Å². The van der Waals surface area contributed by atoms with Crippen molar-refractivity contribution >= 4 is 15.4 Å². The van der Waals surface area contributed by atoms with E-state index in [4.69, 9.17) is 0 Å². The number of hydrogen-bond donors (Lipinski definition) is 0. The SMILES string of the molecule is C=S1(=O)CC2(CN(C(C)C)C2)C1. The molecule has 0 aromatic carbocycles. The normalized spacial score (nSPS) is 31.6. The van der Waals surface area contributed by atoms with E-state index >= 15 is 0 Å². The second-order valence-electron chi connectivity index (χ2n) is 4.75. The van der Waals surface area contributed by atoms with E-state index in [1.165, 1.54) is 0 Å². The van der Waals surface area contributed by atoms with Gasteiger partial charge in [0.2, 0.25) is 0 Å². The van der Waals surface area contributed by atoms with Gasteiger partial charge in [-0.2, -0.15) is 0 Å². The summed E-state index contributed by atoms with van der Waals surface area (Å²) in [5.74, 6) is 5.49. The summed E-state index contributed by atoms with van der Waals surface area (Å²) in [5.41, 5.74) is 0.420. The first-order chi connectivity index (χ1) is 5.43. The van der Waals surface area contributed by atoms with Gasteiger partial charge in [0.1, 0.15) is 0 Å². The fourth-order valence-electron chi connectivity index (χ4n) is 2.44. The summed E-state index contributed by atoms with van der Waals surface area (Å²) in [5, 5.41) is 0.